The van der Waals surface area contributed by atoms with Crippen molar-refractivity contribution in [1.29, 1.82) is 5.26 Å². The zero-order valence-corrected chi connectivity index (χ0v) is 9.59. The Morgan fingerprint density at radius 3 is 2.36 bits per heavy atom. The van der Waals surface area contributed by atoms with Crippen LogP contribution in [0.5, 0.6) is 0 Å². The van der Waals surface area contributed by atoms with E-state index in [-0.39, 0.29) is 5.41 Å². The van der Waals surface area contributed by atoms with Crippen LogP contribution >= 0.6 is 0 Å². The predicted octanol–water partition coefficient (Wildman–Crippen LogP) is 4.08. The number of hydrogen-bond donors (Lipinski definition) is 0. The lowest BCUT2D eigenvalue weighted by atomic mass is 9.73. The molecule has 0 aromatic carbocycles. The summed E-state index contributed by atoms with van der Waals surface area (Å²) in [5.41, 5.74) is -0.257. The van der Waals surface area contributed by atoms with Gasteiger partial charge >= 0.3 is 0 Å². The molecule has 1 heteroatoms. The van der Waals surface area contributed by atoms with Gasteiger partial charge in [0.15, 0.2) is 0 Å². The number of nitrogens with zero attached hydrogens (tertiary/aromatic N) is 1. The molecule has 1 unspecified atom stereocenters. The van der Waals surface area contributed by atoms with Crippen molar-refractivity contribution in [3.05, 3.63) is 24.8 Å². The molecule has 78 valence electrons. The maximum absolute atomic E-state index is 9.25. The van der Waals surface area contributed by atoms with Gasteiger partial charge in [-0.25, -0.2) is 0 Å². The Morgan fingerprint density at radius 2 is 2.00 bits per heavy atom. The van der Waals surface area contributed by atoms with Crippen LogP contribution in [-0.2, 0) is 0 Å². The molecule has 0 amide bonds. The standard InChI is InChI=1S/C13H21N/c1-5-7-8-10-13(11-14,9-6-2)12(3)4/h6-8,12H,2,5,9-10H2,1,3-4H3. The number of rotatable bonds is 6. The van der Waals surface area contributed by atoms with E-state index < -0.39 is 0 Å². The summed E-state index contributed by atoms with van der Waals surface area (Å²) in [6, 6.07) is 2.45. The lowest BCUT2D eigenvalue weighted by Crippen LogP contribution is -2.24. The van der Waals surface area contributed by atoms with E-state index in [1.807, 2.05) is 6.08 Å². The molecule has 0 aromatic heterocycles. The van der Waals surface area contributed by atoms with Crippen molar-refractivity contribution in [1.82, 2.24) is 0 Å². The van der Waals surface area contributed by atoms with Gasteiger partial charge in [-0.2, -0.15) is 5.26 Å². The third-order valence-electron chi connectivity index (χ3n) is 2.72. The van der Waals surface area contributed by atoms with Crippen LogP contribution in [0.25, 0.3) is 0 Å². The van der Waals surface area contributed by atoms with Gasteiger partial charge in [0.1, 0.15) is 0 Å². The quantitative estimate of drug-likeness (QED) is 0.580. The average molecular weight is 191 g/mol. The van der Waals surface area contributed by atoms with Gasteiger partial charge in [-0.15, -0.1) is 6.58 Å². The fourth-order valence-corrected chi connectivity index (χ4v) is 1.49. The molecule has 0 aromatic rings. The zero-order chi connectivity index (χ0) is 11.0. The molecule has 0 N–H and O–H groups in total. The molecule has 14 heavy (non-hydrogen) atoms. The van der Waals surface area contributed by atoms with E-state index in [0.717, 1.165) is 19.3 Å². The number of hydrogen-bond acceptors (Lipinski definition) is 1. The molecular formula is C13H21N. The average Bonchev–Trinajstić information content (AvgIpc) is 2.16. The molecular weight excluding hydrogens is 170 g/mol. The lowest BCUT2D eigenvalue weighted by molar-refractivity contribution is 0.283. The third kappa shape index (κ3) is 3.38. The van der Waals surface area contributed by atoms with Gasteiger partial charge in [0.2, 0.25) is 0 Å². The fourth-order valence-electron chi connectivity index (χ4n) is 1.49. The Morgan fingerprint density at radius 1 is 1.36 bits per heavy atom. The summed E-state index contributed by atoms with van der Waals surface area (Å²) in [6.45, 7) is 10.0. The summed E-state index contributed by atoms with van der Waals surface area (Å²) >= 11 is 0. The molecule has 1 atom stereocenters. The Bertz CT molecular complexity index is 232. The van der Waals surface area contributed by atoms with Crippen LogP contribution in [0.2, 0.25) is 0 Å². The van der Waals surface area contributed by atoms with E-state index >= 15 is 0 Å². The fraction of sp³-hybridized carbons (Fsp3) is 0.615. The molecule has 0 rings (SSSR count). The first kappa shape index (κ1) is 13.0. The molecule has 0 aliphatic carbocycles. The van der Waals surface area contributed by atoms with Gasteiger partial charge < -0.3 is 0 Å². The van der Waals surface area contributed by atoms with Crippen molar-refractivity contribution in [2.45, 2.75) is 40.0 Å². The highest BCUT2D eigenvalue weighted by atomic mass is 14.4. The molecule has 0 bridgehead atoms. The molecule has 1 nitrogen and oxygen atoms in total. The summed E-state index contributed by atoms with van der Waals surface area (Å²) in [4.78, 5) is 0. The van der Waals surface area contributed by atoms with Crippen molar-refractivity contribution in [3.8, 4) is 6.07 Å². The molecule has 0 fully saturated rings. The summed E-state index contributed by atoms with van der Waals surface area (Å²) in [5, 5.41) is 9.25. The largest absolute Gasteiger partial charge is 0.198 e. The van der Waals surface area contributed by atoms with E-state index in [1.165, 1.54) is 0 Å². The van der Waals surface area contributed by atoms with Gasteiger partial charge in [0.05, 0.1) is 11.5 Å². The highest BCUT2D eigenvalue weighted by Crippen LogP contribution is 2.35. The molecule has 0 saturated carbocycles. The predicted molar refractivity (Wildman–Crippen MR) is 61.7 cm³/mol. The van der Waals surface area contributed by atoms with E-state index in [2.05, 4.69) is 45.6 Å². The molecule has 0 heterocycles. The molecule has 0 spiro atoms. The normalized spacial score (nSPS) is 15.4. The topological polar surface area (TPSA) is 23.8 Å². The minimum absolute atomic E-state index is 0.257. The smallest absolute Gasteiger partial charge is 0.0699 e. The maximum atomic E-state index is 9.25. The molecule has 0 radical (unpaired) electrons. The van der Waals surface area contributed by atoms with Gasteiger partial charge in [-0.1, -0.05) is 39.0 Å². The second-order valence-electron chi connectivity index (χ2n) is 4.00. The van der Waals surface area contributed by atoms with E-state index in [1.54, 1.807) is 0 Å². The highest BCUT2D eigenvalue weighted by molar-refractivity contribution is 5.08. The second kappa shape index (κ2) is 6.43. The van der Waals surface area contributed by atoms with Crippen molar-refractivity contribution >= 4 is 0 Å². The molecule has 0 aliphatic heterocycles. The summed E-state index contributed by atoms with van der Waals surface area (Å²) < 4.78 is 0. The Hall–Kier alpha value is -1.03. The molecule has 0 aliphatic rings. The van der Waals surface area contributed by atoms with Gasteiger partial charge in [0.25, 0.3) is 0 Å². The summed E-state index contributed by atoms with van der Waals surface area (Å²) in [6.07, 6.45) is 8.73. The summed E-state index contributed by atoms with van der Waals surface area (Å²) in [7, 11) is 0. The van der Waals surface area contributed by atoms with Crippen molar-refractivity contribution < 1.29 is 0 Å². The Balaban J connectivity index is 4.60. The van der Waals surface area contributed by atoms with Crippen LogP contribution in [0.1, 0.15) is 40.0 Å². The van der Waals surface area contributed by atoms with Gasteiger partial charge in [-0.3, -0.25) is 0 Å². The van der Waals surface area contributed by atoms with Gasteiger partial charge in [-0.05, 0) is 25.2 Å². The van der Waals surface area contributed by atoms with Crippen molar-refractivity contribution in [2.24, 2.45) is 11.3 Å². The monoisotopic (exact) mass is 191 g/mol. The van der Waals surface area contributed by atoms with Crippen molar-refractivity contribution in [3.63, 3.8) is 0 Å². The Labute approximate surface area is 88.1 Å². The van der Waals surface area contributed by atoms with Crippen LogP contribution in [0.4, 0.5) is 0 Å². The van der Waals surface area contributed by atoms with Crippen LogP contribution in [-0.4, -0.2) is 0 Å². The van der Waals surface area contributed by atoms with Crippen LogP contribution < -0.4 is 0 Å². The van der Waals surface area contributed by atoms with Crippen LogP contribution in [0.3, 0.4) is 0 Å². The van der Waals surface area contributed by atoms with E-state index in [9.17, 15) is 5.26 Å². The zero-order valence-electron chi connectivity index (χ0n) is 9.59. The van der Waals surface area contributed by atoms with E-state index in [4.69, 9.17) is 0 Å². The maximum Gasteiger partial charge on any atom is 0.0699 e. The van der Waals surface area contributed by atoms with E-state index in [0.29, 0.717) is 5.92 Å². The number of nitriles is 1. The summed E-state index contributed by atoms with van der Waals surface area (Å²) in [5.74, 6) is 0.368. The molecule has 0 saturated heterocycles. The van der Waals surface area contributed by atoms with Crippen LogP contribution in [0, 0.1) is 22.7 Å². The van der Waals surface area contributed by atoms with Gasteiger partial charge in [0, 0.05) is 0 Å². The first-order valence-electron chi connectivity index (χ1n) is 5.30. The van der Waals surface area contributed by atoms with Crippen molar-refractivity contribution in [2.75, 3.05) is 0 Å². The SMILES string of the molecule is C=CCC(C#N)(CC=CCC)C(C)C. The number of allylic oxidation sites excluding steroid dienone is 3. The van der Waals surface area contributed by atoms with Crippen LogP contribution in [0.15, 0.2) is 24.8 Å². The Kier molecular flexibility index (Phi) is 5.95. The third-order valence-corrected chi connectivity index (χ3v) is 2.72. The minimum Gasteiger partial charge on any atom is -0.198 e. The first-order valence-corrected chi connectivity index (χ1v) is 5.30. The second-order valence-corrected chi connectivity index (χ2v) is 4.00. The lowest BCUT2D eigenvalue weighted by Gasteiger charge is -2.28. The highest BCUT2D eigenvalue weighted by Gasteiger charge is 2.30. The minimum atomic E-state index is -0.257. The first-order chi connectivity index (χ1) is 6.63.